The SMILES string of the molecule is CC1(C)C2=C(CC#CC(N(c3ccc4c(c3)C(C)(C)c3ccccc3-4)c3cc4c(cc3C3=CC=CCC3)-c3ccccc3C4(c3ccccc3)c3ccccc3)=C2)c2ccccc21. The summed E-state index contributed by atoms with van der Waals surface area (Å²) in [5.41, 5.74) is 23.5. The van der Waals surface area contributed by atoms with Gasteiger partial charge in [-0.25, -0.2) is 0 Å². The van der Waals surface area contributed by atoms with E-state index in [4.69, 9.17) is 0 Å². The van der Waals surface area contributed by atoms with Crippen molar-refractivity contribution in [3.8, 4) is 34.1 Å². The Morgan fingerprint density at radius 2 is 1.11 bits per heavy atom. The van der Waals surface area contributed by atoms with Crippen molar-refractivity contribution in [1.29, 1.82) is 0 Å². The zero-order valence-corrected chi connectivity index (χ0v) is 36.5. The summed E-state index contributed by atoms with van der Waals surface area (Å²) in [4.78, 5) is 2.54. The number of benzene rings is 7. The molecule has 0 heterocycles. The Bertz CT molecular complexity index is 3200. The largest absolute Gasteiger partial charge is 0.303 e. The highest BCUT2D eigenvalue weighted by Gasteiger charge is 2.47. The van der Waals surface area contributed by atoms with Gasteiger partial charge in [0.05, 0.1) is 16.8 Å². The maximum absolute atomic E-state index is 3.84. The number of fused-ring (bicyclic) bond motifs is 8. The molecule has 0 unspecified atom stereocenters. The third-order valence-electron chi connectivity index (χ3n) is 14.9. The van der Waals surface area contributed by atoms with E-state index in [-0.39, 0.29) is 10.8 Å². The molecule has 0 atom stereocenters. The smallest absolute Gasteiger partial charge is 0.0973 e. The van der Waals surface area contributed by atoms with Crippen molar-refractivity contribution in [2.24, 2.45) is 0 Å². The fourth-order valence-corrected chi connectivity index (χ4v) is 11.9. The number of anilines is 2. The number of nitrogens with zero attached hydrogens (tertiary/aromatic N) is 1. The summed E-state index contributed by atoms with van der Waals surface area (Å²) in [6.45, 7) is 9.55. The molecule has 0 bridgehead atoms. The van der Waals surface area contributed by atoms with Crippen LogP contribution >= 0.6 is 0 Å². The molecule has 12 rings (SSSR count). The van der Waals surface area contributed by atoms with Crippen LogP contribution in [0.1, 0.15) is 97.0 Å². The van der Waals surface area contributed by atoms with E-state index >= 15 is 0 Å². The molecule has 302 valence electrons. The molecule has 1 heteroatoms. The zero-order valence-electron chi connectivity index (χ0n) is 36.5. The second kappa shape index (κ2) is 13.9. The molecule has 7 aromatic rings. The fraction of sp³-hybridized carbons (Fsp3) is 0.161. The molecule has 0 saturated carbocycles. The quantitative estimate of drug-likeness (QED) is 0.151. The van der Waals surface area contributed by atoms with Crippen LogP contribution < -0.4 is 4.90 Å². The lowest BCUT2D eigenvalue weighted by Crippen LogP contribution is -2.29. The number of rotatable bonds is 6. The molecule has 0 aromatic heterocycles. The highest BCUT2D eigenvalue weighted by atomic mass is 15.1. The van der Waals surface area contributed by atoms with Gasteiger partial charge in [-0.15, -0.1) is 0 Å². The summed E-state index contributed by atoms with van der Waals surface area (Å²) in [7, 11) is 0. The van der Waals surface area contributed by atoms with Crippen molar-refractivity contribution < 1.29 is 0 Å². The molecule has 7 aromatic carbocycles. The standard InChI is InChI=1S/C62H49N/c1-60(2)53-32-17-14-28-46(53)48-31-20-27-44(37-56(48)60)63(45-35-36-50-47-29-15-18-33-54(47)61(3,4)57(50)38-45)59-40-58-52(39-51(59)41-21-8-5-9-22-41)49-30-16-19-34-55(49)62(58,42-23-10-6-11-24-42)43-25-12-7-13-26-43/h5-8,10-19,21,23-26,28-30,32-40H,9,22,31H2,1-4H3. The summed E-state index contributed by atoms with van der Waals surface area (Å²) in [6.07, 6.45) is 12.0. The number of hydrogen-bond donors (Lipinski definition) is 0. The van der Waals surface area contributed by atoms with Crippen molar-refractivity contribution >= 4 is 22.5 Å². The molecule has 5 aliphatic carbocycles. The van der Waals surface area contributed by atoms with Gasteiger partial charge in [-0.3, -0.25) is 0 Å². The Morgan fingerprint density at radius 3 is 1.79 bits per heavy atom. The van der Waals surface area contributed by atoms with Crippen molar-refractivity contribution in [3.05, 3.63) is 249 Å². The van der Waals surface area contributed by atoms with Gasteiger partial charge in [0.1, 0.15) is 0 Å². The molecule has 0 radical (unpaired) electrons. The van der Waals surface area contributed by atoms with E-state index in [1.807, 2.05) is 0 Å². The second-order valence-corrected chi connectivity index (χ2v) is 18.9. The molecule has 5 aliphatic rings. The van der Waals surface area contributed by atoms with Crippen LogP contribution in [0, 0.1) is 11.8 Å². The topological polar surface area (TPSA) is 3.24 Å². The van der Waals surface area contributed by atoms with Crippen LogP contribution in [0.4, 0.5) is 11.4 Å². The molecule has 0 saturated heterocycles. The Hall–Kier alpha value is -7.14. The van der Waals surface area contributed by atoms with Crippen molar-refractivity contribution in [1.82, 2.24) is 0 Å². The van der Waals surface area contributed by atoms with Gasteiger partial charge in [0.2, 0.25) is 0 Å². The van der Waals surface area contributed by atoms with E-state index in [1.165, 1.54) is 89.0 Å². The van der Waals surface area contributed by atoms with E-state index in [0.717, 1.165) is 29.9 Å². The van der Waals surface area contributed by atoms with Gasteiger partial charge >= 0.3 is 0 Å². The first-order chi connectivity index (χ1) is 30.8. The van der Waals surface area contributed by atoms with Crippen molar-refractivity contribution in [3.63, 3.8) is 0 Å². The average molecular weight is 808 g/mol. The van der Waals surface area contributed by atoms with E-state index in [2.05, 4.69) is 233 Å². The monoisotopic (exact) mass is 807 g/mol. The first-order valence-electron chi connectivity index (χ1n) is 22.6. The minimum atomic E-state index is -0.551. The fourth-order valence-electron chi connectivity index (χ4n) is 11.9. The van der Waals surface area contributed by atoms with Crippen LogP contribution in [-0.4, -0.2) is 0 Å². The maximum Gasteiger partial charge on any atom is 0.0973 e. The molecule has 0 fully saturated rings. The highest BCUT2D eigenvalue weighted by Crippen LogP contribution is 2.59. The highest BCUT2D eigenvalue weighted by molar-refractivity contribution is 5.96. The lowest BCUT2D eigenvalue weighted by atomic mass is 9.67. The normalized spacial score (nSPS) is 17.5. The van der Waals surface area contributed by atoms with Crippen LogP contribution in [0.25, 0.3) is 33.4 Å². The van der Waals surface area contributed by atoms with Gasteiger partial charge in [0.15, 0.2) is 0 Å². The van der Waals surface area contributed by atoms with Gasteiger partial charge in [0, 0.05) is 28.5 Å². The summed E-state index contributed by atoms with van der Waals surface area (Å²) < 4.78 is 0. The molecular weight excluding hydrogens is 759 g/mol. The third kappa shape index (κ3) is 5.38. The molecule has 63 heavy (non-hydrogen) atoms. The van der Waals surface area contributed by atoms with E-state index in [1.54, 1.807) is 0 Å². The third-order valence-corrected chi connectivity index (χ3v) is 14.9. The lowest BCUT2D eigenvalue weighted by Gasteiger charge is -2.36. The molecule has 0 amide bonds. The summed E-state index contributed by atoms with van der Waals surface area (Å²) in [5, 5.41) is 0. The minimum absolute atomic E-state index is 0.170. The predicted molar refractivity (Wildman–Crippen MR) is 263 cm³/mol. The minimum Gasteiger partial charge on any atom is -0.303 e. The van der Waals surface area contributed by atoms with Crippen LogP contribution in [0.5, 0.6) is 0 Å². The molecule has 0 aliphatic heterocycles. The maximum atomic E-state index is 3.84. The zero-order chi connectivity index (χ0) is 42.5. The van der Waals surface area contributed by atoms with Crippen LogP contribution in [-0.2, 0) is 16.2 Å². The summed E-state index contributed by atoms with van der Waals surface area (Å²) in [5.74, 6) is 7.58. The van der Waals surface area contributed by atoms with Gasteiger partial charge in [0.25, 0.3) is 0 Å². The molecule has 0 N–H and O–H groups in total. The Kier molecular flexibility index (Phi) is 8.32. The Morgan fingerprint density at radius 1 is 0.508 bits per heavy atom. The Balaban J connectivity index is 1.19. The molecule has 1 nitrogen and oxygen atoms in total. The first kappa shape index (κ1) is 37.6. The van der Waals surface area contributed by atoms with Crippen LogP contribution in [0.15, 0.2) is 199 Å². The second-order valence-electron chi connectivity index (χ2n) is 18.9. The van der Waals surface area contributed by atoms with Gasteiger partial charge in [-0.05, 0) is 133 Å². The van der Waals surface area contributed by atoms with E-state index < -0.39 is 5.41 Å². The lowest BCUT2D eigenvalue weighted by molar-refractivity contribution is 0.653. The first-order valence-corrected chi connectivity index (χ1v) is 22.6. The Labute approximate surface area is 372 Å². The van der Waals surface area contributed by atoms with Crippen LogP contribution in [0.3, 0.4) is 0 Å². The number of hydrogen-bond acceptors (Lipinski definition) is 1. The average Bonchev–Trinajstić information content (AvgIpc) is 3.72. The number of allylic oxidation sites excluding steroid dienone is 8. The predicted octanol–water partition coefficient (Wildman–Crippen LogP) is 15.3. The molecular formula is C62H49N. The van der Waals surface area contributed by atoms with Gasteiger partial charge in [-0.1, -0.05) is 191 Å². The van der Waals surface area contributed by atoms with E-state index in [0.29, 0.717) is 6.42 Å². The van der Waals surface area contributed by atoms with Crippen LogP contribution in [0.2, 0.25) is 0 Å². The van der Waals surface area contributed by atoms with Crippen molar-refractivity contribution in [2.45, 2.75) is 63.2 Å². The van der Waals surface area contributed by atoms with Crippen molar-refractivity contribution in [2.75, 3.05) is 4.90 Å². The van der Waals surface area contributed by atoms with E-state index in [9.17, 15) is 0 Å². The van der Waals surface area contributed by atoms with Gasteiger partial charge < -0.3 is 4.90 Å². The van der Waals surface area contributed by atoms with Gasteiger partial charge in [-0.2, -0.15) is 0 Å². The summed E-state index contributed by atoms with van der Waals surface area (Å²) >= 11 is 0. The molecule has 0 spiro atoms. The summed E-state index contributed by atoms with van der Waals surface area (Å²) in [6, 6.07) is 61.8.